The predicted octanol–water partition coefficient (Wildman–Crippen LogP) is 5.22. The largest absolute Gasteiger partial charge is 0.458 e. The lowest BCUT2D eigenvalue weighted by molar-refractivity contribution is -0.155. The van der Waals surface area contributed by atoms with Crippen LogP contribution < -0.4 is 0 Å². The highest BCUT2D eigenvalue weighted by molar-refractivity contribution is 5.98. The van der Waals surface area contributed by atoms with E-state index in [2.05, 4.69) is 20.8 Å². The second-order valence-corrected chi connectivity index (χ2v) is 14.3. The zero-order chi connectivity index (χ0) is 29.6. The molecule has 42 heavy (non-hydrogen) atoms. The van der Waals surface area contributed by atoms with Gasteiger partial charge in [0.2, 0.25) is 0 Å². The molecule has 7 rings (SSSR count). The van der Waals surface area contributed by atoms with E-state index in [9.17, 15) is 19.5 Å². The summed E-state index contributed by atoms with van der Waals surface area (Å²) >= 11 is 0. The Labute approximate surface area is 247 Å². The molecular weight excluding hydrogens is 532 g/mol. The molecule has 0 amide bonds. The average Bonchev–Trinajstić information content (AvgIpc) is 3.61. The van der Waals surface area contributed by atoms with Crippen LogP contribution in [0.3, 0.4) is 0 Å². The number of aliphatic hydroxyl groups excluding tert-OH is 1. The Hall–Kier alpha value is -2.77. The molecule has 3 saturated carbocycles. The number of ketones is 1. The summed E-state index contributed by atoms with van der Waals surface area (Å²) in [4.78, 5) is 39.0. The molecule has 2 aliphatic heterocycles. The van der Waals surface area contributed by atoms with Gasteiger partial charge in [-0.3, -0.25) is 4.79 Å². The van der Waals surface area contributed by atoms with Gasteiger partial charge in [-0.05, 0) is 105 Å². The maximum Gasteiger partial charge on any atom is 0.338 e. The number of carbonyl (C=O) groups is 3. The Morgan fingerprint density at radius 1 is 1.12 bits per heavy atom. The van der Waals surface area contributed by atoms with E-state index >= 15 is 0 Å². The monoisotopic (exact) mass is 574 g/mol. The van der Waals surface area contributed by atoms with Crippen molar-refractivity contribution >= 4 is 17.7 Å². The fourth-order valence-corrected chi connectivity index (χ4v) is 10.5. The molecule has 1 aromatic carbocycles. The molecule has 7 heteroatoms. The van der Waals surface area contributed by atoms with Crippen LogP contribution in [0, 0.1) is 40.4 Å². The fourth-order valence-electron chi connectivity index (χ4n) is 10.5. The Kier molecular flexibility index (Phi) is 6.42. The van der Waals surface area contributed by atoms with E-state index in [1.54, 1.807) is 36.4 Å². The van der Waals surface area contributed by atoms with Crippen molar-refractivity contribution < 1.29 is 33.7 Å². The summed E-state index contributed by atoms with van der Waals surface area (Å²) in [5.74, 6) is 0.917. The molecule has 6 aliphatic rings. The molecule has 4 fully saturated rings. The van der Waals surface area contributed by atoms with Crippen molar-refractivity contribution in [2.24, 2.45) is 40.4 Å². The molecule has 0 unspecified atom stereocenters. The first-order valence-electron chi connectivity index (χ1n) is 15.7. The number of hydrogen-bond donors (Lipinski definition) is 1. The van der Waals surface area contributed by atoms with Crippen LogP contribution >= 0.6 is 0 Å². The molecule has 2 heterocycles. The van der Waals surface area contributed by atoms with Crippen molar-refractivity contribution in [3.8, 4) is 0 Å². The first-order chi connectivity index (χ1) is 20.0. The van der Waals surface area contributed by atoms with Crippen LogP contribution in [-0.2, 0) is 23.8 Å². The Balaban J connectivity index is 1.06. The quantitative estimate of drug-likeness (QED) is 0.380. The number of rotatable bonds is 5. The van der Waals surface area contributed by atoms with E-state index in [4.69, 9.17) is 14.2 Å². The molecular formula is C35H42O7. The molecule has 11 atom stereocenters. The second kappa shape index (κ2) is 9.62. The SMILES string of the molecule is CC1=C(COC(=O)c2ccccc2)C(=O)O[C@@H]([C@@H](C)[C@H]2CC[C@H]3[C@@H]4C[C@H]5O[C@]56[C@@H](O)C=CC(=O)[C@]6(C)[C@H]4CC[C@]23C)C1. The van der Waals surface area contributed by atoms with Crippen LogP contribution in [0.5, 0.6) is 0 Å². The zero-order valence-corrected chi connectivity index (χ0v) is 25.0. The molecule has 0 bridgehead atoms. The van der Waals surface area contributed by atoms with Gasteiger partial charge in [-0.1, -0.05) is 37.6 Å². The van der Waals surface area contributed by atoms with Crippen molar-refractivity contribution in [3.63, 3.8) is 0 Å². The number of allylic oxidation sites excluding steroid dienone is 1. The van der Waals surface area contributed by atoms with Crippen LogP contribution in [0.25, 0.3) is 0 Å². The third kappa shape index (κ3) is 3.75. The van der Waals surface area contributed by atoms with E-state index in [0.29, 0.717) is 35.3 Å². The minimum atomic E-state index is -0.744. The van der Waals surface area contributed by atoms with Crippen LogP contribution in [0.15, 0.2) is 53.6 Å². The number of epoxide rings is 1. The number of carbonyl (C=O) groups excluding carboxylic acids is 3. The van der Waals surface area contributed by atoms with Crippen molar-refractivity contribution in [3.05, 3.63) is 59.2 Å². The van der Waals surface area contributed by atoms with Gasteiger partial charge in [0.1, 0.15) is 24.4 Å². The Bertz CT molecular complexity index is 1380. The molecule has 1 spiro atoms. The maximum atomic E-state index is 13.4. The first kappa shape index (κ1) is 28.0. The number of benzene rings is 1. The van der Waals surface area contributed by atoms with Crippen LogP contribution in [0.1, 0.15) is 76.6 Å². The number of ether oxygens (including phenoxy) is 3. The van der Waals surface area contributed by atoms with E-state index in [1.165, 1.54) is 0 Å². The summed E-state index contributed by atoms with van der Waals surface area (Å²) in [6, 6.07) is 8.78. The lowest BCUT2D eigenvalue weighted by atomic mass is 9.44. The van der Waals surface area contributed by atoms with Gasteiger partial charge in [-0.15, -0.1) is 0 Å². The number of hydrogen-bond acceptors (Lipinski definition) is 7. The van der Waals surface area contributed by atoms with Crippen molar-refractivity contribution in [2.45, 2.75) is 90.1 Å². The molecule has 0 radical (unpaired) electrons. The summed E-state index contributed by atoms with van der Waals surface area (Å²) in [6.45, 7) is 8.59. The van der Waals surface area contributed by atoms with E-state index < -0.39 is 23.1 Å². The molecule has 1 saturated heterocycles. The summed E-state index contributed by atoms with van der Waals surface area (Å²) in [5, 5.41) is 10.9. The molecule has 0 aromatic heterocycles. The number of esters is 2. The molecule has 4 aliphatic carbocycles. The van der Waals surface area contributed by atoms with Gasteiger partial charge in [-0.25, -0.2) is 9.59 Å². The number of cyclic esters (lactones) is 1. The highest BCUT2D eigenvalue weighted by Gasteiger charge is 2.80. The zero-order valence-electron chi connectivity index (χ0n) is 25.0. The smallest absolute Gasteiger partial charge is 0.338 e. The standard InChI is InChI=1S/C35H42O7/c1-19-16-27(41-32(39)23(19)18-40-31(38)21-8-6-5-7-9-21)20(2)24-10-11-25-22-17-30-35(42-30)29(37)13-12-28(36)34(35,4)26(22)14-15-33(24,25)3/h5-9,12-13,20,22,24-27,29-30,37H,10-11,14-18H2,1-4H3/t20-,22-,24+,25-,26-,27+,29-,30+,33+,34-,35+/m0/s1. The fraction of sp³-hybridized carbons (Fsp3) is 0.629. The van der Waals surface area contributed by atoms with Crippen LogP contribution in [0.2, 0.25) is 0 Å². The highest BCUT2D eigenvalue weighted by atomic mass is 16.6. The Morgan fingerprint density at radius 2 is 1.88 bits per heavy atom. The molecule has 224 valence electrons. The van der Waals surface area contributed by atoms with Crippen molar-refractivity contribution in [2.75, 3.05) is 6.61 Å². The van der Waals surface area contributed by atoms with Gasteiger partial charge >= 0.3 is 11.9 Å². The molecule has 7 nitrogen and oxygen atoms in total. The average molecular weight is 575 g/mol. The minimum absolute atomic E-state index is 0.0621. The predicted molar refractivity (Wildman–Crippen MR) is 154 cm³/mol. The van der Waals surface area contributed by atoms with Gasteiger partial charge < -0.3 is 19.3 Å². The van der Waals surface area contributed by atoms with Crippen LogP contribution in [0.4, 0.5) is 0 Å². The van der Waals surface area contributed by atoms with Gasteiger partial charge in [0.25, 0.3) is 0 Å². The van der Waals surface area contributed by atoms with E-state index in [1.807, 2.05) is 13.0 Å². The van der Waals surface area contributed by atoms with E-state index in [-0.39, 0.29) is 47.8 Å². The summed E-state index contributed by atoms with van der Waals surface area (Å²) in [6.07, 6.45) is 7.92. The minimum Gasteiger partial charge on any atom is -0.458 e. The topological polar surface area (TPSA) is 102 Å². The van der Waals surface area contributed by atoms with Gasteiger partial charge in [0.05, 0.1) is 22.7 Å². The molecule has 1 N–H and O–H groups in total. The van der Waals surface area contributed by atoms with Gasteiger partial charge in [-0.2, -0.15) is 0 Å². The van der Waals surface area contributed by atoms with Crippen LogP contribution in [-0.4, -0.2) is 53.3 Å². The second-order valence-electron chi connectivity index (χ2n) is 14.3. The maximum absolute atomic E-state index is 13.4. The van der Waals surface area contributed by atoms with Crippen molar-refractivity contribution in [1.82, 2.24) is 0 Å². The lowest BCUT2D eigenvalue weighted by Crippen LogP contribution is -2.63. The number of fused-ring (bicyclic) bond motifs is 4. The van der Waals surface area contributed by atoms with Gasteiger partial charge in [0, 0.05) is 6.42 Å². The summed E-state index contributed by atoms with van der Waals surface area (Å²) in [5.41, 5.74) is 0.491. The van der Waals surface area contributed by atoms with Gasteiger partial charge in [0.15, 0.2) is 5.78 Å². The summed E-state index contributed by atoms with van der Waals surface area (Å²) in [7, 11) is 0. The highest BCUT2D eigenvalue weighted by Crippen LogP contribution is 2.73. The van der Waals surface area contributed by atoms with Crippen molar-refractivity contribution in [1.29, 1.82) is 0 Å². The third-order valence-electron chi connectivity index (χ3n) is 12.8. The molecule has 1 aromatic rings. The first-order valence-corrected chi connectivity index (χ1v) is 15.7. The summed E-state index contributed by atoms with van der Waals surface area (Å²) < 4.78 is 17.8. The van der Waals surface area contributed by atoms with E-state index in [0.717, 1.165) is 37.7 Å². The number of aliphatic hydroxyl groups is 1. The third-order valence-corrected chi connectivity index (χ3v) is 12.8. The normalized spacial score (nSPS) is 44.4. The Morgan fingerprint density at radius 3 is 2.62 bits per heavy atom. The lowest BCUT2D eigenvalue weighted by Gasteiger charge is -2.58.